The molecule has 1 nitrogen and oxygen atoms in total. The van der Waals surface area contributed by atoms with Gasteiger partial charge >= 0.3 is 0 Å². The Kier molecular flexibility index (Phi) is 2.41. The van der Waals surface area contributed by atoms with E-state index in [0.29, 0.717) is 0 Å². The minimum absolute atomic E-state index is 0.0579. The number of hydrogen-bond donors (Lipinski definition) is 0. The number of rotatable bonds is 1. The fourth-order valence-electron chi connectivity index (χ4n) is 1.09. The van der Waals surface area contributed by atoms with Crippen molar-refractivity contribution in [3.05, 3.63) is 34.9 Å². The van der Waals surface area contributed by atoms with Gasteiger partial charge in [0.25, 0.3) is 0 Å². The van der Waals surface area contributed by atoms with E-state index in [1.54, 1.807) is 0 Å². The Bertz CT molecular complexity index is 292. The third kappa shape index (κ3) is 1.87. The molecule has 0 radical (unpaired) electrons. The first-order valence-electron chi connectivity index (χ1n) is 3.48. The highest BCUT2D eigenvalue weighted by molar-refractivity contribution is 7.41. The molecule has 0 fully saturated rings. The van der Waals surface area contributed by atoms with Crippen LogP contribution < -0.4 is 0 Å². The van der Waals surface area contributed by atoms with Crippen LogP contribution in [0, 0.1) is 13.8 Å². The average molecular weight is 166 g/mol. The van der Waals surface area contributed by atoms with E-state index >= 15 is 0 Å². The van der Waals surface area contributed by atoms with E-state index in [1.807, 2.05) is 32.0 Å². The van der Waals surface area contributed by atoms with Gasteiger partial charge in [0, 0.05) is 5.56 Å². The van der Waals surface area contributed by atoms with Crippen LogP contribution in [-0.4, -0.2) is 5.52 Å². The zero-order chi connectivity index (χ0) is 8.43. The van der Waals surface area contributed by atoms with Crippen molar-refractivity contribution in [2.45, 2.75) is 13.8 Å². The lowest BCUT2D eigenvalue weighted by atomic mass is 10.1. The molecule has 0 amide bonds. The molecule has 1 unspecified atom stereocenters. The zero-order valence-electron chi connectivity index (χ0n) is 6.72. The van der Waals surface area contributed by atoms with Gasteiger partial charge in [0.2, 0.25) is 0 Å². The molecule has 1 aromatic carbocycles. The quantitative estimate of drug-likeness (QED) is 0.585. The summed E-state index contributed by atoms with van der Waals surface area (Å²) in [5, 5.41) is 0. The second-order valence-corrected chi connectivity index (χ2v) is 3.21. The van der Waals surface area contributed by atoms with Crippen LogP contribution in [0.1, 0.15) is 21.5 Å². The monoisotopic (exact) mass is 166 g/mol. The van der Waals surface area contributed by atoms with Crippen LogP contribution in [0.25, 0.3) is 0 Å². The number of carbonyl (C=O) groups is 1. The molecule has 0 saturated carbocycles. The maximum Gasteiger partial charge on any atom is 0.178 e. The van der Waals surface area contributed by atoms with Gasteiger partial charge in [-0.2, -0.15) is 0 Å². The molecule has 0 bridgehead atoms. The van der Waals surface area contributed by atoms with E-state index in [-0.39, 0.29) is 5.52 Å². The highest BCUT2D eigenvalue weighted by atomic mass is 31.0. The molecule has 0 aliphatic heterocycles. The van der Waals surface area contributed by atoms with Crippen LogP contribution in [0.4, 0.5) is 0 Å². The maximum atomic E-state index is 10.9. The molecule has 0 saturated heterocycles. The predicted molar refractivity (Wildman–Crippen MR) is 50.0 cm³/mol. The summed E-state index contributed by atoms with van der Waals surface area (Å²) in [6.45, 7) is 3.97. The van der Waals surface area contributed by atoms with Crippen LogP contribution in [-0.2, 0) is 0 Å². The lowest BCUT2D eigenvalue weighted by molar-refractivity contribution is 0.108. The van der Waals surface area contributed by atoms with Crippen molar-refractivity contribution in [2.75, 3.05) is 0 Å². The topological polar surface area (TPSA) is 17.1 Å². The van der Waals surface area contributed by atoms with Crippen molar-refractivity contribution >= 4 is 14.8 Å². The predicted octanol–water partition coefficient (Wildman–Crippen LogP) is 2.32. The van der Waals surface area contributed by atoms with Gasteiger partial charge in [0.1, 0.15) is 0 Å². The Hall–Kier alpha value is -0.680. The van der Waals surface area contributed by atoms with Crippen LogP contribution in [0.15, 0.2) is 18.2 Å². The molecule has 0 heterocycles. The molecule has 1 aromatic rings. The average Bonchev–Trinajstić information content (AvgIpc) is 1.85. The molecule has 0 spiro atoms. The summed E-state index contributed by atoms with van der Waals surface area (Å²) in [6.07, 6.45) is 0. The molecule has 1 rings (SSSR count). The Morgan fingerprint density at radius 1 is 1.36 bits per heavy atom. The van der Waals surface area contributed by atoms with Gasteiger partial charge in [-0.15, -0.1) is 0 Å². The Morgan fingerprint density at radius 2 is 2.00 bits per heavy atom. The van der Waals surface area contributed by atoms with E-state index < -0.39 is 0 Å². The smallest absolute Gasteiger partial charge is 0.178 e. The molecule has 2 heteroatoms. The molecule has 0 aliphatic rings. The Labute approximate surface area is 69.0 Å². The second kappa shape index (κ2) is 3.15. The summed E-state index contributed by atoms with van der Waals surface area (Å²) < 4.78 is 0. The standard InChI is InChI=1S/C9H11OP/c1-6-3-4-8(9(10)11)7(2)5-6/h3-5H,11H2,1-2H3. The van der Waals surface area contributed by atoms with Crippen molar-refractivity contribution in [3.63, 3.8) is 0 Å². The van der Waals surface area contributed by atoms with E-state index in [0.717, 1.165) is 11.1 Å². The van der Waals surface area contributed by atoms with Crippen molar-refractivity contribution in [1.82, 2.24) is 0 Å². The van der Waals surface area contributed by atoms with Crippen LogP contribution >= 0.6 is 9.24 Å². The summed E-state index contributed by atoms with van der Waals surface area (Å²) in [5.74, 6) is 0. The van der Waals surface area contributed by atoms with Gasteiger partial charge < -0.3 is 0 Å². The van der Waals surface area contributed by atoms with Gasteiger partial charge in [-0.1, -0.05) is 33.0 Å². The molecule has 1 atom stereocenters. The third-order valence-corrected chi connectivity index (χ3v) is 1.96. The number of hydrogen-bond acceptors (Lipinski definition) is 1. The first-order valence-corrected chi connectivity index (χ1v) is 4.06. The fraction of sp³-hybridized carbons (Fsp3) is 0.222. The van der Waals surface area contributed by atoms with Gasteiger partial charge in [-0.25, -0.2) is 0 Å². The largest absolute Gasteiger partial charge is 0.290 e. The van der Waals surface area contributed by atoms with E-state index in [4.69, 9.17) is 0 Å². The lowest BCUT2D eigenvalue weighted by Gasteiger charge is -2.01. The summed E-state index contributed by atoms with van der Waals surface area (Å²) >= 11 is 0. The van der Waals surface area contributed by atoms with E-state index in [9.17, 15) is 4.79 Å². The summed E-state index contributed by atoms with van der Waals surface area (Å²) in [7, 11) is 2.18. The van der Waals surface area contributed by atoms with Crippen LogP contribution in [0.3, 0.4) is 0 Å². The van der Waals surface area contributed by atoms with Gasteiger partial charge in [0.15, 0.2) is 5.52 Å². The lowest BCUT2D eigenvalue weighted by Crippen LogP contribution is -1.92. The minimum atomic E-state index is 0.0579. The third-order valence-electron chi connectivity index (χ3n) is 1.65. The molecule has 0 N–H and O–H groups in total. The van der Waals surface area contributed by atoms with E-state index in [2.05, 4.69) is 9.24 Å². The van der Waals surface area contributed by atoms with Crippen LogP contribution in [0.2, 0.25) is 0 Å². The van der Waals surface area contributed by atoms with Crippen molar-refractivity contribution < 1.29 is 4.79 Å². The first-order chi connectivity index (χ1) is 5.11. The molecule has 11 heavy (non-hydrogen) atoms. The zero-order valence-corrected chi connectivity index (χ0v) is 7.87. The number of benzene rings is 1. The Morgan fingerprint density at radius 3 is 2.45 bits per heavy atom. The maximum absolute atomic E-state index is 10.9. The first kappa shape index (κ1) is 8.42. The molecule has 0 aliphatic carbocycles. The molecule has 58 valence electrons. The number of carbonyl (C=O) groups excluding carboxylic acids is 1. The fourth-order valence-corrected chi connectivity index (χ4v) is 1.41. The van der Waals surface area contributed by atoms with Crippen LogP contribution in [0.5, 0.6) is 0 Å². The van der Waals surface area contributed by atoms with Crippen molar-refractivity contribution in [2.24, 2.45) is 0 Å². The van der Waals surface area contributed by atoms with Gasteiger partial charge in [-0.05, 0) is 19.4 Å². The molecular formula is C9H11OP. The van der Waals surface area contributed by atoms with Gasteiger partial charge in [-0.3, -0.25) is 4.79 Å². The SMILES string of the molecule is Cc1ccc(C(=O)P)c(C)c1. The van der Waals surface area contributed by atoms with E-state index in [1.165, 1.54) is 5.56 Å². The highest BCUT2D eigenvalue weighted by Crippen LogP contribution is 2.13. The molecule has 0 aromatic heterocycles. The second-order valence-electron chi connectivity index (χ2n) is 2.68. The highest BCUT2D eigenvalue weighted by Gasteiger charge is 2.01. The van der Waals surface area contributed by atoms with Crippen molar-refractivity contribution in [1.29, 1.82) is 0 Å². The summed E-state index contributed by atoms with van der Waals surface area (Å²) in [5.41, 5.74) is 3.09. The Balaban J connectivity index is 3.20. The molecular weight excluding hydrogens is 155 g/mol. The number of aryl methyl sites for hydroxylation is 2. The summed E-state index contributed by atoms with van der Waals surface area (Å²) in [6, 6.07) is 5.82. The minimum Gasteiger partial charge on any atom is -0.290 e. The normalized spacial score (nSPS) is 9.73. The van der Waals surface area contributed by atoms with Crippen molar-refractivity contribution in [3.8, 4) is 0 Å². The summed E-state index contributed by atoms with van der Waals surface area (Å²) in [4.78, 5) is 10.9. The van der Waals surface area contributed by atoms with Gasteiger partial charge in [0.05, 0.1) is 0 Å².